The Bertz CT molecular complexity index is 719. The third-order valence-electron chi connectivity index (χ3n) is 3.56. The van der Waals surface area contributed by atoms with Gasteiger partial charge in [0.2, 0.25) is 5.91 Å². The minimum absolute atomic E-state index is 0.0385. The number of amides is 1. The average Bonchev–Trinajstić information content (AvgIpc) is 2.59. The number of hydrogen-bond donors (Lipinski definition) is 2. The zero-order chi connectivity index (χ0) is 17.5. The van der Waals surface area contributed by atoms with Gasteiger partial charge < -0.3 is 10.4 Å². The van der Waals surface area contributed by atoms with Gasteiger partial charge in [-0.3, -0.25) is 14.9 Å². The predicted octanol–water partition coefficient (Wildman–Crippen LogP) is 3.14. The van der Waals surface area contributed by atoms with Crippen molar-refractivity contribution in [1.82, 2.24) is 5.32 Å². The van der Waals surface area contributed by atoms with Gasteiger partial charge in [0.05, 0.1) is 11.0 Å². The molecule has 0 aliphatic carbocycles. The number of hydrogen-bond acceptors (Lipinski definition) is 4. The van der Waals surface area contributed by atoms with Crippen LogP contribution in [0.3, 0.4) is 0 Å². The van der Waals surface area contributed by atoms with Crippen molar-refractivity contribution in [1.29, 1.82) is 0 Å². The number of aliphatic hydroxyl groups excluding tert-OH is 1. The van der Waals surface area contributed by atoms with E-state index in [1.807, 2.05) is 24.3 Å². The van der Waals surface area contributed by atoms with Crippen LogP contribution in [0.4, 0.5) is 5.69 Å². The van der Waals surface area contributed by atoms with E-state index in [1.165, 1.54) is 24.3 Å². The van der Waals surface area contributed by atoms with Crippen LogP contribution in [0.2, 0.25) is 0 Å². The third kappa shape index (κ3) is 5.14. The van der Waals surface area contributed by atoms with Gasteiger partial charge in [0.1, 0.15) is 0 Å². The van der Waals surface area contributed by atoms with Crippen molar-refractivity contribution >= 4 is 27.5 Å². The van der Waals surface area contributed by atoms with E-state index in [0.717, 1.165) is 10.0 Å². The summed E-state index contributed by atoms with van der Waals surface area (Å²) in [4.78, 5) is 22.0. The van der Waals surface area contributed by atoms with Crippen LogP contribution in [-0.4, -0.2) is 22.5 Å². The Kier molecular flexibility index (Phi) is 6.45. The second-order valence-electron chi connectivity index (χ2n) is 5.26. The first-order chi connectivity index (χ1) is 11.5. The lowest BCUT2D eigenvalue weighted by atomic mass is 10.1. The van der Waals surface area contributed by atoms with Gasteiger partial charge in [-0.25, -0.2) is 0 Å². The van der Waals surface area contributed by atoms with E-state index in [-0.39, 0.29) is 18.1 Å². The van der Waals surface area contributed by atoms with Crippen molar-refractivity contribution in [2.75, 3.05) is 6.54 Å². The molecular weight excluding hydrogens is 376 g/mol. The molecule has 2 N–H and O–H groups in total. The fourth-order valence-electron chi connectivity index (χ4n) is 2.18. The molecule has 0 radical (unpaired) electrons. The topological polar surface area (TPSA) is 92.5 Å². The van der Waals surface area contributed by atoms with Crippen molar-refractivity contribution in [3.63, 3.8) is 0 Å². The van der Waals surface area contributed by atoms with Crippen LogP contribution in [0, 0.1) is 10.1 Å². The quantitative estimate of drug-likeness (QED) is 0.559. The van der Waals surface area contributed by atoms with E-state index in [9.17, 15) is 20.0 Å². The van der Waals surface area contributed by atoms with Gasteiger partial charge in [0.15, 0.2) is 0 Å². The molecule has 0 fully saturated rings. The molecule has 6 nitrogen and oxygen atoms in total. The van der Waals surface area contributed by atoms with Crippen LogP contribution < -0.4 is 5.32 Å². The number of nitro benzene ring substituents is 1. The Hall–Kier alpha value is -2.25. The van der Waals surface area contributed by atoms with Crippen LogP contribution in [0.15, 0.2) is 53.0 Å². The van der Waals surface area contributed by atoms with Crippen molar-refractivity contribution in [2.24, 2.45) is 0 Å². The second kappa shape index (κ2) is 8.56. The highest BCUT2D eigenvalue weighted by atomic mass is 79.9. The Morgan fingerprint density at radius 1 is 1.21 bits per heavy atom. The summed E-state index contributed by atoms with van der Waals surface area (Å²) in [5, 5.41) is 23.3. The van der Waals surface area contributed by atoms with E-state index in [2.05, 4.69) is 21.2 Å². The fraction of sp³-hybridized carbons (Fsp3) is 0.235. The number of benzene rings is 2. The molecule has 0 saturated heterocycles. The number of aliphatic hydroxyl groups is 1. The first kappa shape index (κ1) is 18.1. The van der Waals surface area contributed by atoms with Gasteiger partial charge >= 0.3 is 0 Å². The first-order valence-electron chi connectivity index (χ1n) is 7.40. The number of rotatable bonds is 7. The molecule has 0 saturated carbocycles. The summed E-state index contributed by atoms with van der Waals surface area (Å²) in [5.74, 6) is -0.160. The van der Waals surface area contributed by atoms with E-state index < -0.39 is 11.0 Å². The molecule has 126 valence electrons. The van der Waals surface area contributed by atoms with Crippen LogP contribution in [-0.2, 0) is 11.2 Å². The summed E-state index contributed by atoms with van der Waals surface area (Å²) in [6, 6.07) is 13.3. The summed E-state index contributed by atoms with van der Waals surface area (Å²) in [5.41, 5.74) is 1.53. The van der Waals surface area contributed by atoms with E-state index >= 15 is 0 Å². The molecule has 0 heterocycles. The summed E-state index contributed by atoms with van der Waals surface area (Å²) in [6.45, 7) is 0.0621. The van der Waals surface area contributed by atoms with Crippen LogP contribution in [0.25, 0.3) is 0 Å². The molecule has 24 heavy (non-hydrogen) atoms. The summed E-state index contributed by atoms with van der Waals surface area (Å²) in [6.07, 6.45) is 0.00874. The molecule has 0 aliphatic heterocycles. The lowest BCUT2D eigenvalue weighted by molar-refractivity contribution is -0.384. The molecule has 2 aromatic rings. The maximum absolute atomic E-state index is 11.9. The van der Waals surface area contributed by atoms with Crippen molar-refractivity contribution < 1.29 is 14.8 Å². The van der Waals surface area contributed by atoms with Gasteiger partial charge in [-0.05, 0) is 35.7 Å². The molecule has 0 spiro atoms. The van der Waals surface area contributed by atoms with Crippen molar-refractivity contribution in [3.05, 3.63) is 74.2 Å². The number of nitro groups is 1. The molecule has 0 bridgehead atoms. The lowest BCUT2D eigenvalue weighted by Crippen LogP contribution is -2.28. The maximum Gasteiger partial charge on any atom is 0.269 e. The SMILES string of the molecule is O=C(CCc1ccccc1Br)NC[C@@H](O)c1ccc([N+](=O)[O-])cc1. The molecular formula is C17H17BrN2O4. The van der Waals surface area contributed by atoms with Gasteiger partial charge in [-0.1, -0.05) is 34.1 Å². The van der Waals surface area contributed by atoms with Crippen LogP contribution >= 0.6 is 15.9 Å². The Balaban J connectivity index is 1.80. The van der Waals surface area contributed by atoms with E-state index in [0.29, 0.717) is 18.4 Å². The highest BCUT2D eigenvalue weighted by Crippen LogP contribution is 2.18. The second-order valence-corrected chi connectivity index (χ2v) is 6.11. The summed E-state index contributed by atoms with van der Waals surface area (Å²) >= 11 is 3.44. The molecule has 2 aromatic carbocycles. The van der Waals surface area contributed by atoms with Crippen LogP contribution in [0.1, 0.15) is 23.7 Å². The van der Waals surface area contributed by atoms with Gasteiger partial charge in [-0.2, -0.15) is 0 Å². The van der Waals surface area contributed by atoms with Crippen LogP contribution in [0.5, 0.6) is 0 Å². The highest BCUT2D eigenvalue weighted by molar-refractivity contribution is 9.10. The Morgan fingerprint density at radius 3 is 2.50 bits per heavy atom. The number of aryl methyl sites for hydroxylation is 1. The molecule has 0 aliphatic rings. The Morgan fingerprint density at radius 2 is 1.88 bits per heavy atom. The third-order valence-corrected chi connectivity index (χ3v) is 4.33. The molecule has 0 aromatic heterocycles. The zero-order valence-electron chi connectivity index (χ0n) is 12.8. The van der Waals surface area contributed by atoms with E-state index in [4.69, 9.17) is 0 Å². The smallest absolute Gasteiger partial charge is 0.269 e. The summed E-state index contributed by atoms with van der Waals surface area (Å²) < 4.78 is 0.962. The van der Waals surface area contributed by atoms with E-state index in [1.54, 1.807) is 0 Å². The molecule has 1 amide bonds. The minimum atomic E-state index is -0.904. The number of nitrogens with one attached hydrogen (secondary N) is 1. The molecule has 1 atom stereocenters. The number of nitrogens with zero attached hydrogens (tertiary/aromatic N) is 1. The largest absolute Gasteiger partial charge is 0.387 e. The molecule has 7 heteroatoms. The monoisotopic (exact) mass is 392 g/mol. The number of halogens is 1. The number of carbonyl (C=O) groups excluding carboxylic acids is 1. The number of carbonyl (C=O) groups is 1. The van der Waals surface area contributed by atoms with Gasteiger partial charge in [-0.15, -0.1) is 0 Å². The summed E-state index contributed by atoms with van der Waals surface area (Å²) in [7, 11) is 0. The Labute approximate surface area is 147 Å². The van der Waals surface area contributed by atoms with Crippen molar-refractivity contribution in [2.45, 2.75) is 18.9 Å². The molecule has 2 rings (SSSR count). The normalized spacial score (nSPS) is 11.8. The lowest BCUT2D eigenvalue weighted by Gasteiger charge is -2.12. The first-order valence-corrected chi connectivity index (χ1v) is 8.19. The maximum atomic E-state index is 11.9. The van der Waals surface area contributed by atoms with Gasteiger partial charge in [0.25, 0.3) is 5.69 Å². The fourth-order valence-corrected chi connectivity index (χ4v) is 2.67. The highest BCUT2D eigenvalue weighted by Gasteiger charge is 2.12. The average molecular weight is 393 g/mol. The molecule has 0 unspecified atom stereocenters. The van der Waals surface area contributed by atoms with Crippen molar-refractivity contribution in [3.8, 4) is 0 Å². The van der Waals surface area contributed by atoms with Gasteiger partial charge in [0, 0.05) is 29.6 Å². The standard InChI is InChI=1S/C17H17BrN2O4/c18-15-4-2-1-3-12(15)7-10-17(22)19-11-16(21)13-5-8-14(9-6-13)20(23)24/h1-6,8-9,16,21H,7,10-11H2,(H,19,22)/t16-/m1/s1. The minimum Gasteiger partial charge on any atom is -0.387 e. The zero-order valence-corrected chi connectivity index (χ0v) is 14.4. The number of non-ortho nitro benzene ring substituents is 1. The predicted molar refractivity (Wildman–Crippen MR) is 93.5 cm³/mol.